The Kier molecular flexibility index (Phi) is 5.36. The van der Waals surface area contributed by atoms with Crippen molar-refractivity contribution in [3.8, 4) is 0 Å². The van der Waals surface area contributed by atoms with Crippen LogP contribution < -0.4 is 10.6 Å². The summed E-state index contributed by atoms with van der Waals surface area (Å²) in [5.74, 6) is -0.0728. The Morgan fingerprint density at radius 3 is 2.70 bits per heavy atom. The van der Waals surface area contributed by atoms with Gasteiger partial charge in [0.25, 0.3) is 5.91 Å². The van der Waals surface area contributed by atoms with E-state index in [1.54, 1.807) is 0 Å². The van der Waals surface area contributed by atoms with Crippen molar-refractivity contribution in [1.29, 1.82) is 0 Å². The minimum atomic E-state index is -0.119. The molecule has 0 unspecified atom stereocenters. The van der Waals surface area contributed by atoms with E-state index in [4.69, 9.17) is 0 Å². The number of amides is 2. The van der Waals surface area contributed by atoms with Crippen LogP contribution in [0.15, 0.2) is 48.1 Å². The lowest BCUT2D eigenvalue weighted by Crippen LogP contribution is -2.21. The molecule has 1 heterocycles. The van der Waals surface area contributed by atoms with Crippen LogP contribution in [0.2, 0.25) is 0 Å². The van der Waals surface area contributed by atoms with Crippen LogP contribution in [0.3, 0.4) is 0 Å². The number of benzene rings is 1. The van der Waals surface area contributed by atoms with Gasteiger partial charge in [-0.1, -0.05) is 31.7 Å². The summed E-state index contributed by atoms with van der Waals surface area (Å²) in [5, 5.41) is 5.97. The van der Waals surface area contributed by atoms with E-state index in [-0.39, 0.29) is 11.8 Å². The minimum Gasteiger partial charge on any atom is -0.326 e. The maximum absolute atomic E-state index is 13.0. The van der Waals surface area contributed by atoms with Gasteiger partial charge in [-0.2, -0.15) is 0 Å². The van der Waals surface area contributed by atoms with Crippen LogP contribution >= 0.6 is 0 Å². The molecule has 2 amide bonds. The molecule has 0 radical (unpaired) electrons. The summed E-state index contributed by atoms with van der Waals surface area (Å²) in [6.07, 6.45) is 10.0. The fourth-order valence-corrected chi connectivity index (χ4v) is 3.58. The molecule has 0 bridgehead atoms. The Hall–Kier alpha value is -2.62. The van der Waals surface area contributed by atoms with E-state index in [1.807, 2.05) is 44.2 Å². The molecule has 27 heavy (non-hydrogen) atoms. The first-order chi connectivity index (χ1) is 12.8. The summed E-state index contributed by atoms with van der Waals surface area (Å²) in [4.78, 5) is 24.6. The molecule has 1 aliphatic carbocycles. The predicted octanol–water partition coefficient (Wildman–Crippen LogP) is 5.07. The second kappa shape index (κ2) is 7.55. The SMILES string of the molecule is C=C/C(CC1(C)CC1)=C(\C=C/C)C(=O)Nc1cc(C)c2c(c1)CCC(=O)N2. The number of carbonyl (C=O) groups excluding carboxylic acids is 2. The number of fused-ring (bicyclic) bond motifs is 1. The van der Waals surface area contributed by atoms with E-state index in [0.717, 1.165) is 34.5 Å². The van der Waals surface area contributed by atoms with Gasteiger partial charge in [-0.3, -0.25) is 9.59 Å². The van der Waals surface area contributed by atoms with E-state index in [0.29, 0.717) is 23.8 Å². The normalized spacial score (nSPS) is 18.4. The van der Waals surface area contributed by atoms with Gasteiger partial charge in [0.05, 0.1) is 0 Å². The van der Waals surface area contributed by atoms with Gasteiger partial charge in [-0.05, 0) is 73.8 Å². The van der Waals surface area contributed by atoms with Crippen molar-refractivity contribution in [2.45, 2.75) is 52.9 Å². The first-order valence-corrected chi connectivity index (χ1v) is 9.58. The van der Waals surface area contributed by atoms with E-state index >= 15 is 0 Å². The van der Waals surface area contributed by atoms with Crippen molar-refractivity contribution in [2.75, 3.05) is 10.6 Å². The maximum Gasteiger partial charge on any atom is 0.255 e. The van der Waals surface area contributed by atoms with E-state index < -0.39 is 0 Å². The summed E-state index contributed by atoms with van der Waals surface area (Å²) >= 11 is 0. The number of carbonyl (C=O) groups is 2. The van der Waals surface area contributed by atoms with Crippen LogP contribution in [0.25, 0.3) is 0 Å². The molecule has 0 atom stereocenters. The van der Waals surface area contributed by atoms with Crippen molar-refractivity contribution in [3.63, 3.8) is 0 Å². The number of hydrogen-bond acceptors (Lipinski definition) is 2. The van der Waals surface area contributed by atoms with Crippen molar-refractivity contribution in [2.24, 2.45) is 5.41 Å². The molecule has 4 heteroatoms. The van der Waals surface area contributed by atoms with Crippen LogP contribution in [0.4, 0.5) is 11.4 Å². The van der Waals surface area contributed by atoms with Gasteiger partial charge < -0.3 is 10.6 Å². The van der Waals surface area contributed by atoms with Gasteiger partial charge in [-0.25, -0.2) is 0 Å². The molecule has 1 aromatic rings. The molecule has 0 saturated heterocycles. The third-order valence-corrected chi connectivity index (χ3v) is 5.45. The number of nitrogens with one attached hydrogen (secondary N) is 2. The average molecular weight is 364 g/mol. The van der Waals surface area contributed by atoms with Crippen LogP contribution in [0.1, 0.15) is 50.7 Å². The van der Waals surface area contributed by atoms with E-state index in [1.165, 1.54) is 12.8 Å². The largest absolute Gasteiger partial charge is 0.326 e. The van der Waals surface area contributed by atoms with Crippen molar-refractivity contribution in [1.82, 2.24) is 0 Å². The zero-order chi connectivity index (χ0) is 19.6. The lowest BCUT2D eigenvalue weighted by Gasteiger charge is -2.21. The van der Waals surface area contributed by atoms with Crippen molar-refractivity contribution >= 4 is 23.2 Å². The lowest BCUT2D eigenvalue weighted by atomic mass is 9.93. The van der Waals surface area contributed by atoms with E-state index in [2.05, 4.69) is 24.1 Å². The highest BCUT2D eigenvalue weighted by Gasteiger charge is 2.38. The Morgan fingerprint density at radius 1 is 1.33 bits per heavy atom. The fraction of sp³-hybridized carbons (Fsp3) is 0.391. The van der Waals surface area contributed by atoms with Crippen LogP contribution in [0.5, 0.6) is 0 Å². The highest BCUT2D eigenvalue weighted by Crippen LogP contribution is 2.50. The molecule has 1 fully saturated rings. The topological polar surface area (TPSA) is 58.2 Å². The molecule has 0 aromatic heterocycles. The van der Waals surface area contributed by atoms with Gasteiger partial charge in [0.15, 0.2) is 0 Å². The molecule has 1 aromatic carbocycles. The van der Waals surface area contributed by atoms with Gasteiger partial charge in [0.1, 0.15) is 0 Å². The minimum absolute atomic E-state index is 0.0462. The number of anilines is 2. The first kappa shape index (κ1) is 19.2. The zero-order valence-electron chi connectivity index (χ0n) is 16.4. The molecule has 0 spiro atoms. The number of hydrogen-bond donors (Lipinski definition) is 2. The second-order valence-corrected chi connectivity index (χ2v) is 7.96. The molecular weight excluding hydrogens is 336 g/mol. The summed E-state index contributed by atoms with van der Waals surface area (Å²) in [6.45, 7) is 10.1. The zero-order valence-corrected chi connectivity index (χ0v) is 16.4. The van der Waals surface area contributed by atoms with Gasteiger partial charge >= 0.3 is 0 Å². The quantitative estimate of drug-likeness (QED) is 0.547. The van der Waals surface area contributed by atoms with Crippen LogP contribution in [-0.2, 0) is 16.0 Å². The number of aryl methyl sites for hydroxylation is 2. The molecule has 2 N–H and O–H groups in total. The molecular formula is C23H28N2O2. The van der Waals surface area contributed by atoms with Gasteiger partial charge in [0.2, 0.25) is 5.91 Å². The summed E-state index contributed by atoms with van der Waals surface area (Å²) in [6, 6.07) is 3.87. The molecule has 3 rings (SSSR count). The first-order valence-electron chi connectivity index (χ1n) is 9.58. The summed E-state index contributed by atoms with van der Waals surface area (Å²) in [5.41, 5.74) is 5.63. The third kappa shape index (κ3) is 4.38. The van der Waals surface area contributed by atoms with Crippen LogP contribution in [-0.4, -0.2) is 11.8 Å². The highest BCUT2D eigenvalue weighted by atomic mass is 16.2. The molecule has 1 aliphatic heterocycles. The summed E-state index contributed by atoms with van der Waals surface area (Å²) in [7, 11) is 0. The van der Waals surface area contributed by atoms with Crippen LogP contribution in [0, 0.1) is 12.3 Å². The Balaban J connectivity index is 1.87. The molecule has 2 aliphatic rings. The second-order valence-electron chi connectivity index (χ2n) is 7.96. The monoisotopic (exact) mass is 364 g/mol. The maximum atomic E-state index is 13.0. The van der Waals surface area contributed by atoms with E-state index in [9.17, 15) is 9.59 Å². The third-order valence-electron chi connectivity index (χ3n) is 5.45. The van der Waals surface area contributed by atoms with Crippen molar-refractivity contribution in [3.05, 3.63) is 59.2 Å². The highest BCUT2D eigenvalue weighted by molar-refractivity contribution is 6.07. The van der Waals surface area contributed by atoms with Gasteiger partial charge in [0, 0.05) is 23.4 Å². The Bertz CT molecular complexity index is 857. The Labute approximate surface area is 161 Å². The smallest absolute Gasteiger partial charge is 0.255 e. The van der Waals surface area contributed by atoms with Crippen molar-refractivity contribution < 1.29 is 9.59 Å². The summed E-state index contributed by atoms with van der Waals surface area (Å²) < 4.78 is 0. The molecule has 4 nitrogen and oxygen atoms in total. The fourth-order valence-electron chi connectivity index (χ4n) is 3.58. The standard InChI is InChI=1S/C23H28N2O2/c1-5-7-19(16(6-2)14-23(4)10-11-23)22(27)24-18-12-15(3)21-17(13-18)8-9-20(26)25-21/h5-7,12-13H,2,8-11,14H2,1,3-4H3,(H,24,27)(H,25,26)/b7-5-,19-16-. The van der Waals surface area contributed by atoms with Gasteiger partial charge in [-0.15, -0.1) is 0 Å². The molecule has 142 valence electrons. The number of rotatable bonds is 6. The Morgan fingerprint density at radius 2 is 2.07 bits per heavy atom. The number of allylic oxidation sites excluding steroid dienone is 3. The predicted molar refractivity (Wildman–Crippen MR) is 111 cm³/mol. The lowest BCUT2D eigenvalue weighted by molar-refractivity contribution is -0.116. The molecule has 1 saturated carbocycles. The average Bonchev–Trinajstić information content (AvgIpc) is 3.36.